The van der Waals surface area contributed by atoms with E-state index in [1.807, 2.05) is 0 Å². The highest BCUT2D eigenvalue weighted by Crippen LogP contribution is 2.29. The third-order valence-corrected chi connectivity index (χ3v) is 3.14. The van der Waals surface area contributed by atoms with Crippen molar-refractivity contribution in [2.75, 3.05) is 5.32 Å². The number of carboxylic acids is 1. The maximum atomic E-state index is 11.9. The zero-order valence-electron chi connectivity index (χ0n) is 10.0. The Balaban J connectivity index is 1.94. The Labute approximate surface area is 103 Å². The summed E-state index contributed by atoms with van der Waals surface area (Å²) in [6.07, 6.45) is 2.47. The van der Waals surface area contributed by atoms with Gasteiger partial charge in [0.1, 0.15) is 0 Å². The molecule has 98 valence electrons. The number of amides is 1. The molecule has 18 heavy (non-hydrogen) atoms. The molecule has 1 heterocycles. The van der Waals surface area contributed by atoms with Crippen LogP contribution in [0.15, 0.2) is 0 Å². The molecule has 1 aromatic rings. The van der Waals surface area contributed by atoms with E-state index in [4.69, 9.17) is 5.11 Å². The molecule has 2 N–H and O–H groups in total. The van der Waals surface area contributed by atoms with Crippen molar-refractivity contribution >= 4 is 17.8 Å². The van der Waals surface area contributed by atoms with Gasteiger partial charge < -0.3 is 5.11 Å². The lowest BCUT2D eigenvalue weighted by Gasteiger charge is -2.25. The van der Waals surface area contributed by atoms with Crippen LogP contribution < -0.4 is 5.32 Å². The lowest BCUT2D eigenvalue weighted by Crippen LogP contribution is -2.31. The Hall–Kier alpha value is -1.99. The Morgan fingerprint density at radius 2 is 2.11 bits per heavy atom. The topological polar surface area (TPSA) is 110 Å². The average molecular weight is 253 g/mol. The molecule has 1 amide bonds. The molecule has 1 aromatic heterocycles. The largest absolute Gasteiger partial charge is 0.481 e. The molecule has 0 spiro atoms. The Morgan fingerprint density at radius 3 is 2.72 bits per heavy atom. The highest BCUT2D eigenvalue weighted by atomic mass is 16.4. The summed E-state index contributed by atoms with van der Waals surface area (Å²) < 4.78 is 0. The van der Waals surface area contributed by atoms with Gasteiger partial charge in [0.05, 0.1) is 13.0 Å². The van der Waals surface area contributed by atoms with Gasteiger partial charge in [0, 0.05) is 5.92 Å². The molecule has 0 aromatic carbocycles. The third-order valence-electron chi connectivity index (χ3n) is 3.14. The van der Waals surface area contributed by atoms with Crippen molar-refractivity contribution in [3.63, 3.8) is 0 Å². The van der Waals surface area contributed by atoms with E-state index in [2.05, 4.69) is 20.7 Å². The van der Waals surface area contributed by atoms with Crippen LogP contribution in [0.1, 0.15) is 25.7 Å². The lowest BCUT2D eigenvalue weighted by atomic mass is 9.81. The van der Waals surface area contributed by atoms with Crippen LogP contribution in [0.3, 0.4) is 0 Å². The highest BCUT2D eigenvalue weighted by Gasteiger charge is 2.31. The molecule has 0 aliphatic heterocycles. The lowest BCUT2D eigenvalue weighted by molar-refractivity contribution is -0.143. The summed E-state index contributed by atoms with van der Waals surface area (Å²) >= 11 is 0. The summed E-state index contributed by atoms with van der Waals surface area (Å²) in [6, 6.07) is 0. The Bertz CT molecular complexity index is 458. The van der Waals surface area contributed by atoms with Gasteiger partial charge in [-0.25, -0.2) is 0 Å². The number of aryl methyl sites for hydroxylation is 1. The van der Waals surface area contributed by atoms with Crippen LogP contribution in [0.4, 0.5) is 5.95 Å². The van der Waals surface area contributed by atoms with Gasteiger partial charge in [-0.2, -0.15) is 4.80 Å². The van der Waals surface area contributed by atoms with E-state index in [0.29, 0.717) is 19.3 Å². The number of nitrogens with one attached hydrogen (secondary N) is 1. The van der Waals surface area contributed by atoms with Gasteiger partial charge in [-0.1, -0.05) is 11.5 Å². The summed E-state index contributed by atoms with van der Waals surface area (Å²) in [6.45, 7) is 0. The minimum absolute atomic E-state index is 0.153. The van der Waals surface area contributed by atoms with Gasteiger partial charge in [-0.3, -0.25) is 14.9 Å². The van der Waals surface area contributed by atoms with E-state index in [1.165, 1.54) is 4.80 Å². The van der Waals surface area contributed by atoms with Crippen LogP contribution in [0, 0.1) is 11.8 Å². The number of tetrazole rings is 1. The summed E-state index contributed by atoms with van der Waals surface area (Å²) in [7, 11) is 1.60. The van der Waals surface area contributed by atoms with Crippen LogP contribution in [0.5, 0.6) is 0 Å². The van der Waals surface area contributed by atoms with Crippen molar-refractivity contribution < 1.29 is 14.7 Å². The minimum Gasteiger partial charge on any atom is -0.481 e. The normalized spacial score (nSPS) is 23.6. The summed E-state index contributed by atoms with van der Waals surface area (Å²) in [4.78, 5) is 24.1. The fourth-order valence-corrected chi connectivity index (χ4v) is 2.20. The number of anilines is 1. The highest BCUT2D eigenvalue weighted by molar-refractivity contribution is 5.91. The standard InChI is InChI=1S/C10H15N5O3/c1-15-13-10(12-14-15)11-8(16)6-3-2-4-7(5-6)9(17)18/h6-7H,2-5H2,1H3,(H,17,18)(H,11,13,16). The molecule has 1 fully saturated rings. The summed E-state index contributed by atoms with van der Waals surface area (Å²) in [5, 5.41) is 22.6. The zero-order chi connectivity index (χ0) is 13.1. The smallest absolute Gasteiger partial charge is 0.306 e. The van der Waals surface area contributed by atoms with Crippen LogP contribution >= 0.6 is 0 Å². The number of hydrogen-bond acceptors (Lipinski definition) is 5. The average Bonchev–Trinajstić information content (AvgIpc) is 2.75. The van der Waals surface area contributed by atoms with E-state index in [0.717, 1.165) is 6.42 Å². The first-order valence-corrected chi connectivity index (χ1v) is 5.84. The van der Waals surface area contributed by atoms with Crippen LogP contribution in [-0.2, 0) is 16.6 Å². The van der Waals surface area contributed by atoms with Gasteiger partial charge in [0.15, 0.2) is 0 Å². The minimum atomic E-state index is -0.829. The number of hydrogen-bond donors (Lipinski definition) is 2. The van der Waals surface area contributed by atoms with Crippen molar-refractivity contribution in [3.8, 4) is 0 Å². The molecule has 0 radical (unpaired) electrons. The number of carbonyl (C=O) groups is 2. The van der Waals surface area contributed by atoms with E-state index < -0.39 is 11.9 Å². The van der Waals surface area contributed by atoms with Gasteiger partial charge in [-0.05, 0) is 24.5 Å². The maximum absolute atomic E-state index is 11.9. The molecule has 0 saturated heterocycles. The number of carboxylic acid groups (broad SMARTS) is 1. The van der Waals surface area contributed by atoms with Crippen molar-refractivity contribution in [2.24, 2.45) is 18.9 Å². The Morgan fingerprint density at radius 1 is 1.39 bits per heavy atom. The van der Waals surface area contributed by atoms with Crippen LogP contribution in [0.25, 0.3) is 0 Å². The van der Waals surface area contributed by atoms with E-state index in [1.54, 1.807) is 7.05 Å². The second-order valence-corrected chi connectivity index (χ2v) is 4.49. The van der Waals surface area contributed by atoms with Gasteiger partial charge in [-0.15, -0.1) is 5.10 Å². The number of aliphatic carboxylic acids is 1. The van der Waals surface area contributed by atoms with Crippen molar-refractivity contribution in [1.29, 1.82) is 0 Å². The summed E-state index contributed by atoms with van der Waals surface area (Å²) in [5.74, 6) is -1.62. The maximum Gasteiger partial charge on any atom is 0.306 e. The van der Waals surface area contributed by atoms with E-state index in [9.17, 15) is 9.59 Å². The molecule has 2 unspecified atom stereocenters. The van der Waals surface area contributed by atoms with Crippen LogP contribution in [0.2, 0.25) is 0 Å². The zero-order valence-corrected chi connectivity index (χ0v) is 10.0. The molecule has 1 aliphatic rings. The molecule has 1 saturated carbocycles. The fourth-order valence-electron chi connectivity index (χ4n) is 2.20. The van der Waals surface area contributed by atoms with Crippen molar-refractivity contribution in [3.05, 3.63) is 0 Å². The summed E-state index contributed by atoms with van der Waals surface area (Å²) in [5.41, 5.74) is 0. The molecule has 2 rings (SSSR count). The first-order valence-electron chi connectivity index (χ1n) is 5.84. The van der Waals surface area contributed by atoms with Gasteiger partial charge >= 0.3 is 5.97 Å². The van der Waals surface area contributed by atoms with Gasteiger partial charge in [0.2, 0.25) is 5.91 Å². The third kappa shape index (κ3) is 2.82. The van der Waals surface area contributed by atoms with Crippen LogP contribution in [-0.4, -0.2) is 37.2 Å². The van der Waals surface area contributed by atoms with E-state index in [-0.39, 0.29) is 17.8 Å². The first kappa shape index (κ1) is 12.5. The van der Waals surface area contributed by atoms with E-state index >= 15 is 0 Å². The second-order valence-electron chi connectivity index (χ2n) is 4.49. The number of nitrogens with zero attached hydrogens (tertiary/aromatic N) is 4. The predicted molar refractivity (Wildman–Crippen MR) is 60.5 cm³/mol. The quantitative estimate of drug-likeness (QED) is 0.787. The molecule has 8 nitrogen and oxygen atoms in total. The second kappa shape index (κ2) is 5.11. The number of aromatic nitrogens is 4. The molecule has 8 heteroatoms. The number of carbonyl (C=O) groups excluding carboxylic acids is 1. The molecule has 2 atom stereocenters. The molecular weight excluding hydrogens is 238 g/mol. The predicted octanol–water partition coefficient (Wildman–Crippen LogP) is 0.0396. The Kier molecular flexibility index (Phi) is 3.54. The molecular formula is C10H15N5O3. The van der Waals surface area contributed by atoms with Crippen molar-refractivity contribution in [1.82, 2.24) is 20.2 Å². The molecule has 1 aliphatic carbocycles. The SMILES string of the molecule is Cn1nnc(NC(=O)C2CCCC(C(=O)O)C2)n1. The molecule has 0 bridgehead atoms. The van der Waals surface area contributed by atoms with Gasteiger partial charge in [0.25, 0.3) is 5.95 Å². The number of rotatable bonds is 3. The monoisotopic (exact) mass is 253 g/mol. The first-order chi connectivity index (χ1) is 8.56. The fraction of sp³-hybridized carbons (Fsp3) is 0.700. The van der Waals surface area contributed by atoms with Crippen molar-refractivity contribution in [2.45, 2.75) is 25.7 Å².